The van der Waals surface area contributed by atoms with Gasteiger partial charge in [0.2, 0.25) is 0 Å². The van der Waals surface area contributed by atoms with Crippen molar-refractivity contribution in [3.05, 3.63) is 35.6 Å². The summed E-state index contributed by atoms with van der Waals surface area (Å²) in [6, 6.07) is 6.01. The zero-order chi connectivity index (χ0) is 16.1. The lowest BCUT2D eigenvalue weighted by atomic mass is 9.91. The first-order chi connectivity index (χ1) is 10.6. The van der Waals surface area contributed by atoms with E-state index < -0.39 is 18.3 Å². The standard InChI is InChI=1S/C16H24FNO4/c1-22-14-10-18(13(7-9-19)15(20)16(14)21)8-6-11-2-4-12(17)5-3-11/h2-5,13-16,19-21H,6-10H2,1H3/t13-,14+,15-,16-/m1/s1. The number of piperidine rings is 1. The summed E-state index contributed by atoms with van der Waals surface area (Å²) in [6.07, 6.45) is -1.29. The second-order valence-electron chi connectivity index (χ2n) is 5.71. The molecule has 1 aromatic carbocycles. The van der Waals surface area contributed by atoms with Crippen LogP contribution in [-0.4, -0.2) is 71.4 Å². The fourth-order valence-corrected chi connectivity index (χ4v) is 3.02. The summed E-state index contributed by atoms with van der Waals surface area (Å²) < 4.78 is 18.2. The molecule has 6 heteroatoms. The highest BCUT2D eigenvalue weighted by Gasteiger charge is 2.41. The second kappa shape index (κ2) is 7.99. The first-order valence-corrected chi connectivity index (χ1v) is 7.55. The third-order valence-electron chi connectivity index (χ3n) is 4.34. The normalized spacial score (nSPS) is 29.7. The van der Waals surface area contributed by atoms with E-state index in [0.717, 1.165) is 5.56 Å². The molecule has 1 heterocycles. The number of nitrogens with zero attached hydrogens (tertiary/aromatic N) is 1. The summed E-state index contributed by atoms with van der Waals surface area (Å²) >= 11 is 0. The molecule has 0 spiro atoms. The predicted octanol–water partition coefficient (Wildman–Crippen LogP) is 0.172. The lowest BCUT2D eigenvalue weighted by Gasteiger charge is -2.45. The van der Waals surface area contributed by atoms with Crippen molar-refractivity contribution < 1.29 is 24.4 Å². The maximum absolute atomic E-state index is 12.9. The lowest BCUT2D eigenvalue weighted by Crippen LogP contribution is -2.62. The highest BCUT2D eigenvalue weighted by Crippen LogP contribution is 2.23. The summed E-state index contributed by atoms with van der Waals surface area (Å²) in [6.45, 7) is 1.07. The molecule has 5 nitrogen and oxygen atoms in total. The Kier molecular flexibility index (Phi) is 6.28. The molecular formula is C16H24FNO4. The van der Waals surface area contributed by atoms with Gasteiger partial charge in [-0.1, -0.05) is 12.1 Å². The zero-order valence-corrected chi connectivity index (χ0v) is 12.7. The van der Waals surface area contributed by atoms with Gasteiger partial charge in [-0.05, 0) is 30.5 Å². The Morgan fingerprint density at radius 2 is 1.91 bits per heavy atom. The Bertz CT molecular complexity index is 456. The van der Waals surface area contributed by atoms with Crippen molar-refractivity contribution in [3.8, 4) is 0 Å². The van der Waals surface area contributed by atoms with Crippen molar-refractivity contribution in [1.29, 1.82) is 0 Å². The van der Waals surface area contributed by atoms with Crippen LogP contribution in [0.2, 0.25) is 0 Å². The van der Waals surface area contributed by atoms with Crippen LogP contribution < -0.4 is 0 Å². The maximum atomic E-state index is 12.9. The van der Waals surface area contributed by atoms with Gasteiger partial charge in [-0.3, -0.25) is 4.90 Å². The molecule has 0 amide bonds. The number of methoxy groups -OCH3 is 1. The Hall–Kier alpha value is -1.05. The summed E-state index contributed by atoms with van der Waals surface area (Å²) in [7, 11) is 1.51. The largest absolute Gasteiger partial charge is 0.396 e. The average molecular weight is 313 g/mol. The van der Waals surface area contributed by atoms with E-state index in [9.17, 15) is 19.7 Å². The highest BCUT2D eigenvalue weighted by molar-refractivity contribution is 5.16. The number of hydrogen-bond donors (Lipinski definition) is 3. The van der Waals surface area contributed by atoms with Crippen LogP contribution in [-0.2, 0) is 11.2 Å². The fourth-order valence-electron chi connectivity index (χ4n) is 3.02. The van der Waals surface area contributed by atoms with Gasteiger partial charge in [0.1, 0.15) is 11.9 Å². The van der Waals surface area contributed by atoms with E-state index >= 15 is 0 Å². The van der Waals surface area contributed by atoms with Gasteiger partial charge in [-0.15, -0.1) is 0 Å². The molecule has 1 aromatic rings. The molecule has 4 atom stereocenters. The van der Waals surface area contributed by atoms with E-state index in [4.69, 9.17) is 4.74 Å². The first kappa shape index (κ1) is 17.3. The second-order valence-corrected chi connectivity index (χ2v) is 5.71. The number of aliphatic hydroxyl groups is 3. The molecule has 0 radical (unpaired) electrons. The molecule has 22 heavy (non-hydrogen) atoms. The van der Waals surface area contributed by atoms with Crippen molar-refractivity contribution in [2.75, 3.05) is 26.8 Å². The van der Waals surface area contributed by atoms with Crippen LogP contribution in [0, 0.1) is 5.82 Å². The predicted molar refractivity (Wildman–Crippen MR) is 80.0 cm³/mol. The van der Waals surface area contributed by atoms with Crippen LogP contribution in [0.1, 0.15) is 12.0 Å². The van der Waals surface area contributed by atoms with Gasteiger partial charge < -0.3 is 20.1 Å². The van der Waals surface area contributed by atoms with Gasteiger partial charge in [0.25, 0.3) is 0 Å². The molecule has 1 aliphatic heterocycles. The molecule has 1 fully saturated rings. The molecular weight excluding hydrogens is 289 g/mol. The zero-order valence-electron chi connectivity index (χ0n) is 12.7. The minimum absolute atomic E-state index is 0.0564. The van der Waals surface area contributed by atoms with Gasteiger partial charge in [0.15, 0.2) is 0 Å². The molecule has 3 N–H and O–H groups in total. The minimum Gasteiger partial charge on any atom is -0.396 e. The number of rotatable bonds is 6. The minimum atomic E-state index is -0.959. The van der Waals surface area contributed by atoms with Crippen LogP contribution in [0.4, 0.5) is 4.39 Å². The Morgan fingerprint density at radius 1 is 1.23 bits per heavy atom. The molecule has 0 saturated carbocycles. The van der Waals surface area contributed by atoms with Gasteiger partial charge in [-0.2, -0.15) is 0 Å². The molecule has 124 valence electrons. The van der Waals surface area contributed by atoms with E-state index in [2.05, 4.69) is 0 Å². The molecule has 0 aromatic heterocycles. The molecule has 1 saturated heterocycles. The number of aliphatic hydroxyl groups excluding tert-OH is 3. The number of likely N-dealkylation sites (tertiary alicyclic amines) is 1. The van der Waals surface area contributed by atoms with Gasteiger partial charge in [0.05, 0.1) is 12.2 Å². The lowest BCUT2D eigenvalue weighted by molar-refractivity contribution is -0.149. The van der Waals surface area contributed by atoms with E-state index in [1.54, 1.807) is 12.1 Å². The molecule has 0 unspecified atom stereocenters. The average Bonchev–Trinajstić information content (AvgIpc) is 2.53. The van der Waals surface area contributed by atoms with Gasteiger partial charge in [-0.25, -0.2) is 4.39 Å². The Balaban J connectivity index is 2.02. The van der Waals surface area contributed by atoms with Crippen molar-refractivity contribution in [2.24, 2.45) is 0 Å². The quantitative estimate of drug-likeness (QED) is 0.698. The summed E-state index contributed by atoms with van der Waals surface area (Å²) in [5.41, 5.74) is 0.999. The molecule has 0 bridgehead atoms. The third-order valence-corrected chi connectivity index (χ3v) is 4.34. The fraction of sp³-hybridized carbons (Fsp3) is 0.625. The topological polar surface area (TPSA) is 73.2 Å². The Labute approximate surface area is 129 Å². The van der Waals surface area contributed by atoms with Gasteiger partial charge >= 0.3 is 0 Å². The summed E-state index contributed by atoms with van der Waals surface area (Å²) in [5, 5.41) is 29.5. The molecule has 2 rings (SSSR count). The SMILES string of the molecule is CO[C@H]1CN(CCc2ccc(F)cc2)[C@H](CCO)[C@@H](O)[C@@H]1O. The monoisotopic (exact) mass is 313 g/mol. The number of ether oxygens (including phenoxy) is 1. The van der Waals surface area contributed by atoms with Crippen LogP contribution in [0.5, 0.6) is 0 Å². The van der Waals surface area contributed by atoms with Gasteiger partial charge in [0, 0.05) is 32.8 Å². The van der Waals surface area contributed by atoms with Crippen LogP contribution >= 0.6 is 0 Å². The van der Waals surface area contributed by atoms with E-state index in [0.29, 0.717) is 25.9 Å². The summed E-state index contributed by atoms with van der Waals surface area (Å²) in [5.74, 6) is -0.266. The summed E-state index contributed by atoms with van der Waals surface area (Å²) in [4.78, 5) is 2.02. The maximum Gasteiger partial charge on any atom is 0.123 e. The van der Waals surface area contributed by atoms with Crippen molar-refractivity contribution >= 4 is 0 Å². The van der Waals surface area contributed by atoms with Crippen LogP contribution in [0.15, 0.2) is 24.3 Å². The Morgan fingerprint density at radius 3 is 2.50 bits per heavy atom. The van der Waals surface area contributed by atoms with E-state index in [1.807, 2.05) is 4.90 Å². The number of halogens is 1. The number of hydrogen-bond acceptors (Lipinski definition) is 5. The van der Waals surface area contributed by atoms with Crippen molar-refractivity contribution in [3.63, 3.8) is 0 Å². The van der Waals surface area contributed by atoms with E-state index in [1.165, 1.54) is 19.2 Å². The van der Waals surface area contributed by atoms with E-state index in [-0.39, 0.29) is 18.5 Å². The molecule has 0 aliphatic carbocycles. The van der Waals surface area contributed by atoms with Crippen LogP contribution in [0.25, 0.3) is 0 Å². The van der Waals surface area contributed by atoms with Crippen molar-refractivity contribution in [2.45, 2.75) is 37.2 Å². The smallest absolute Gasteiger partial charge is 0.123 e. The first-order valence-electron chi connectivity index (χ1n) is 7.55. The molecule has 1 aliphatic rings. The van der Waals surface area contributed by atoms with Crippen LogP contribution in [0.3, 0.4) is 0 Å². The number of benzene rings is 1. The van der Waals surface area contributed by atoms with Crippen molar-refractivity contribution in [1.82, 2.24) is 4.90 Å². The highest BCUT2D eigenvalue weighted by atomic mass is 19.1. The third kappa shape index (κ3) is 4.02.